The number of halogens is 1. The van der Waals surface area contributed by atoms with Crippen LogP contribution in [0.2, 0.25) is 0 Å². The van der Waals surface area contributed by atoms with Crippen LogP contribution in [0.25, 0.3) is 0 Å². The highest BCUT2D eigenvalue weighted by Gasteiger charge is 2.25. The van der Waals surface area contributed by atoms with Crippen LogP contribution in [0.3, 0.4) is 0 Å². The van der Waals surface area contributed by atoms with Crippen molar-refractivity contribution in [1.29, 1.82) is 0 Å². The molecule has 24 heavy (non-hydrogen) atoms. The maximum Gasteiger partial charge on any atom is 0.220 e. The number of hydrogen-bond acceptors (Lipinski definition) is 4. The molecule has 126 valence electrons. The zero-order chi connectivity index (χ0) is 17.1. The molecule has 5 nitrogen and oxygen atoms in total. The van der Waals surface area contributed by atoms with E-state index < -0.39 is 0 Å². The van der Waals surface area contributed by atoms with E-state index in [0.717, 1.165) is 18.0 Å². The van der Waals surface area contributed by atoms with Gasteiger partial charge in [-0.05, 0) is 24.3 Å². The van der Waals surface area contributed by atoms with Crippen LogP contribution in [0.5, 0.6) is 11.5 Å². The Bertz CT molecular complexity index is 743. The Morgan fingerprint density at radius 2 is 1.83 bits per heavy atom. The Morgan fingerprint density at radius 3 is 2.50 bits per heavy atom. The second kappa shape index (κ2) is 6.88. The molecule has 0 atom stereocenters. The van der Waals surface area contributed by atoms with Gasteiger partial charge >= 0.3 is 0 Å². The number of quaternary nitrogens is 1. The summed E-state index contributed by atoms with van der Waals surface area (Å²) >= 11 is 0. The molecule has 0 bridgehead atoms. The number of nitrogens with one attached hydrogen (secondary N) is 1. The van der Waals surface area contributed by atoms with Crippen molar-refractivity contribution < 1.29 is 24.3 Å². The molecular weight excluding hydrogens is 311 g/mol. The van der Waals surface area contributed by atoms with Gasteiger partial charge in [-0.15, -0.1) is 0 Å². The van der Waals surface area contributed by atoms with Gasteiger partial charge in [-0.25, -0.2) is 4.39 Å². The summed E-state index contributed by atoms with van der Waals surface area (Å²) in [6.45, 7) is 3.05. The number of hydrogen-bond donors (Lipinski definition) is 3. The zero-order valence-electron chi connectivity index (χ0n) is 13.2. The average Bonchev–Trinajstić information content (AvgIpc) is 2.56. The minimum absolute atomic E-state index is 0.0742. The number of aromatic hydroxyl groups is 2. The first-order chi connectivity index (χ1) is 11.5. The van der Waals surface area contributed by atoms with Crippen LogP contribution in [-0.4, -0.2) is 48.7 Å². The summed E-state index contributed by atoms with van der Waals surface area (Å²) < 4.78 is 13.8. The summed E-state index contributed by atoms with van der Waals surface area (Å²) in [4.78, 5) is 15.4. The quantitative estimate of drug-likeness (QED) is 0.726. The number of phenols is 2. The van der Waals surface area contributed by atoms with Crippen LogP contribution in [0.1, 0.15) is 10.4 Å². The molecule has 0 aromatic heterocycles. The van der Waals surface area contributed by atoms with Crippen LogP contribution in [0.15, 0.2) is 42.5 Å². The first-order valence-corrected chi connectivity index (χ1v) is 7.93. The molecule has 2 aromatic rings. The molecule has 1 aliphatic rings. The fourth-order valence-corrected chi connectivity index (χ4v) is 3.03. The Morgan fingerprint density at radius 1 is 1.12 bits per heavy atom. The minimum Gasteiger partial charge on any atom is -0.508 e. The Balaban J connectivity index is 1.59. The number of para-hydroxylation sites is 1. The topological polar surface area (TPSA) is 65.2 Å². The second-order valence-electron chi connectivity index (χ2n) is 5.99. The smallest absolute Gasteiger partial charge is 0.220 e. The van der Waals surface area contributed by atoms with E-state index in [1.807, 2.05) is 11.0 Å². The second-order valence-corrected chi connectivity index (χ2v) is 5.99. The average molecular weight is 331 g/mol. The van der Waals surface area contributed by atoms with Gasteiger partial charge in [0.05, 0.1) is 37.4 Å². The Hall–Kier alpha value is -2.60. The summed E-state index contributed by atoms with van der Waals surface area (Å²) in [6.07, 6.45) is 0. The number of anilines is 1. The number of phenolic OH excluding ortho intramolecular Hbond substituents is 2. The molecule has 6 heteroatoms. The monoisotopic (exact) mass is 331 g/mol. The highest BCUT2D eigenvalue weighted by atomic mass is 19.1. The van der Waals surface area contributed by atoms with Crippen LogP contribution < -0.4 is 9.80 Å². The Kier molecular flexibility index (Phi) is 4.66. The third kappa shape index (κ3) is 3.49. The summed E-state index contributed by atoms with van der Waals surface area (Å²) in [6, 6.07) is 10.7. The predicted octanol–water partition coefficient (Wildman–Crippen LogP) is 0.825. The summed E-state index contributed by atoms with van der Waals surface area (Å²) in [5.74, 6) is -0.674. The summed E-state index contributed by atoms with van der Waals surface area (Å²) in [5.41, 5.74) is 0.816. The maximum absolute atomic E-state index is 13.8. The van der Waals surface area contributed by atoms with Gasteiger partial charge in [-0.2, -0.15) is 0 Å². The lowest BCUT2D eigenvalue weighted by atomic mass is 10.1. The normalized spacial score (nSPS) is 15.5. The molecule has 0 amide bonds. The number of nitrogens with zero attached hydrogens (tertiary/aromatic N) is 1. The number of Topliss-reactive ketones (excluding diaryl/α,β-unsaturated/α-hetero) is 1. The first-order valence-electron chi connectivity index (χ1n) is 7.93. The third-order valence-electron chi connectivity index (χ3n) is 4.36. The molecule has 0 radical (unpaired) electrons. The number of rotatable bonds is 4. The van der Waals surface area contributed by atoms with E-state index in [4.69, 9.17) is 0 Å². The number of ketones is 1. The third-order valence-corrected chi connectivity index (χ3v) is 4.36. The van der Waals surface area contributed by atoms with Crippen molar-refractivity contribution in [3.63, 3.8) is 0 Å². The molecular formula is C18H20FN2O3+. The van der Waals surface area contributed by atoms with E-state index in [1.165, 1.54) is 24.3 Å². The highest BCUT2D eigenvalue weighted by Crippen LogP contribution is 2.22. The molecule has 1 heterocycles. The lowest BCUT2D eigenvalue weighted by molar-refractivity contribution is -0.892. The molecule has 0 saturated carbocycles. The molecule has 2 aromatic carbocycles. The number of carbonyl (C=O) groups is 1. The SMILES string of the molecule is O=C(C[NH+]1CCN(c2ccccc2F)CC1)c1ccc(O)cc1O. The van der Waals surface area contributed by atoms with Gasteiger partial charge in [-0.3, -0.25) is 4.79 Å². The molecule has 0 aliphatic carbocycles. The van der Waals surface area contributed by atoms with Crippen molar-refractivity contribution in [2.75, 3.05) is 37.6 Å². The van der Waals surface area contributed by atoms with Crippen molar-refractivity contribution in [2.24, 2.45) is 0 Å². The number of benzene rings is 2. The van der Waals surface area contributed by atoms with Gasteiger partial charge in [0.25, 0.3) is 0 Å². The van der Waals surface area contributed by atoms with Crippen LogP contribution >= 0.6 is 0 Å². The molecule has 1 aliphatic heterocycles. The van der Waals surface area contributed by atoms with Gasteiger partial charge in [0.2, 0.25) is 5.78 Å². The molecule has 3 rings (SSSR count). The molecule has 1 fully saturated rings. The van der Waals surface area contributed by atoms with E-state index in [9.17, 15) is 19.4 Å². The zero-order valence-corrected chi connectivity index (χ0v) is 13.2. The van der Waals surface area contributed by atoms with Crippen molar-refractivity contribution in [2.45, 2.75) is 0 Å². The standard InChI is InChI=1S/C18H19FN2O3/c19-15-3-1-2-4-16(15)21-9-7-20(8-10-21)12-18(24)14-6-5-13(22)11-17(14)23/h1-6,11,22-23H,7-10,12H2/p+1. The van der Waals surface area contributed by atoms with Crippen molar-refractivity contribution in [1.82, 2.24) is 0 Å². The van der Waals surface area contributed by atoms with E-state index in [2.05, 4.69) is 0 Å². The predicted molar refractivity (Wildman–Crippen MR) is 88.3 cm³/mol. The lowest BCUT2D eigenvalue weighted by Gasteiger charge is -2.33. The highest BCUT2D eigenvalue weighted by molar-refractivity contribution is 5.99. The van der Waals surface area contributed by atoms with Crippen molar-refractivity contribution in [3.8, 4) is 11.5 Å². The maximum atomic E-state index is 13.8. The lowest BCUT2D eigenvalue weighted by Crippen LogP contribution is -3.15. The molecule has 3 N–H and O–H groups in total. The Labute approximate surface area is 139 Å². The van der Waals surface area contributed by atoms with E-state index >= 15 is 0 Å². The fourth-order valence-electron chi connectivity index (χ4n) is 3.03. The first kappa shape index (κ1) is 16.3. The van der Waals surface area contributed by atoms with Gasteiger partial charge in [0, 0.05) is 6.07 Å². The van der Waals surface area contributed by atoms with Crippen LogP contribution in [0.4, 0.5) is 10.1 Å². The summed E-state index contributed by atoms with van der Waals surface area (Å²) in [7, 11) is 0. The fraction of sp³-hybridized carbons (Fsp3) is 0.278. The number of piperazine rings is 1. The van der Waals surface area contributed by atoms with Crippen LogP contribution in [0, 0.1) is 5.82 Å². The van der Waals surface area contributed by atoms with Gasteiger partial charge < -0.3 is 20.0 Å². The van der Waals surface area contributed by atoms with Crippen LogP contribution in [-0.2, 0) is 0 Å². The van der Waals surface area contributed by atoms with Gasteiger partial charge in [-0.1, -0.05) is 12.1 Å². The summed E-state index contributed by atoms with van der Waals surface area (Å²) in [5, 5.41) is 19.1. The van der Waals surface area contributed by atoms with E-state index in [0.29, 0.717) is 18.8 Å². The largest absolute Gasteiger partial charge is 0.508 e. The molecule has 0 unspecified atom stereocenters. The van der Waals surface area contributed by atoms with E-state index in [-0.39, 0.29) is 35.2 Å². The number of carbonyl (C=O) groups excluding carboxylic acids is 1. The van der Waals surface area contributed by atoms with Crippen molar-refractivity contribution in [3.05, 3.63) is 53.8 Å². The minimum atomic E-state index is -0.231. The molecule has 0 spiro atoms. The van der Waals surface area contributed by atoms with Crippen molar-refractivity contribution >= 4 is 11.5 Å². The van der Waals surface area contributed by atoms with E-state index in [1.54, 1.807) is 12.1 Å². The molecule has 1 saturated heterocycles. The van der Waals surface area contributed by atoms with Gasteiger partial charge in [0.15, 0.2) is 0 Å². The van der Waals surface area contributed by atoms with Gasteiger partial charge in [0.1, 0.15) is 23.9 Å².